The summed E-state index contributed by atoms with van der Waals surface area (Å²) in [5.41, 5.74) is 4.14. The highest BCUT2D eigenvalue weighted by atomic mass is 35.5. The largest absolute Gasteiger partial charge is 0.454 e. The highest BCUT2D eigenvalue weighted by molar-refractivity contribution is 7.86. The molecule has 0 unspecified atom stereocenters. The van der Waals surface area contributed by atoms with Gasteiger partial charge in [0.15, 0.2) is 11.5 Å². The van der Waals surface area contributed by atoms with E-state index in [-0.39, 0.29) is 19.9 Å². The van der Waals surface area contributed by atoms with Crippen LogP contribution in [0.15, 0.2) is 42.5 Å². The topological polar surface area (TPSA) is 76.9 Å². The molecule has 178 valence electrons. The van der Waals surface area contributed by atoms with E-state index in [4.69, 9.17) is 26.2 Å². The molecule has 3 aliphatic rings. The molecule has 2 aromatic carbocycles. The summed E-state index contributed by atoms with van der Waals surface area (Å²) in [6, 6.07) is 13.2. The maximum atomic E-state index is 13.4. The Morgan fingerprint density at radius 2 is 1.76 bits per heavy atom. The molecule has 0 saturated carbocycles. The quantitative estimate of drug-likeness (QED) is 0.536. The van der Waals surface area contributed by atoms with Crippen LogP contribution in [0.5, 0.6) is 11.5 Å². The van der Waals surface area contributed by atoms with Crippen LogP contribution >= 0.6 is 11.6 Å². The monoisotopic (exact) mass is 500 g/mol. The van der Waals surface area contributed by atoms with Gasteiger partial charge in [-0.2, -0.15) is 22.1 Å². The van der Waals surface area contributed by atoms with Crippen molar-refractivity contribution in [2.24, 2.45) is 5.92 Å². The Morgan fingerprint density at radius 1 is 1.00 bits per heavy atom. The third-order valence-electron chi connectivity index (χ3n) is 6.84. The molecule has 0 bridgehead atoms. The molecule has 0 aliphatic carbocycles. The molecular weight excluding hydrogens is 476 g/mol. The Hall–Kier alpha value is -2.59. The Kier molecular flexibility index (Phi) is 5.33. The normalized spacial score (nSPS) is 19.0. The van der Waals surface area contributed by atoms with Crippen LogP contribution in [0.4, 0.5) is 0 Å². The molecule has 3 aliphatic heterocycles. The summed E-state index contributed by atoms with van der Waals surface area (Å²) in [7, 11) is -3.56. The Labute approximate surface area is 203 Å². The third kappa shape index (κ3) is 3.58. The maximum Gasteiger partial charge on any atom is 0.282 e. The van der Waals surface area contributed by atoms with Crippen LogP contribution in [0, 0.1) is 5.92 Å². The Morgan fingerprint density at radius 3 is 2.53 bits per heavy atom. The second-order valence-corrected chi connectivity index (χ2v) is 11.4. The van der Waals surface area contributed by atoms with E-state index in [0.717, 1.165) is 41.0 Å². The van der Waals surface area contributed by atoms with E-state index in [0.29, 0.717) is 35.5 Å². The lowest BCUT2D eigenvalue weighted by molar-refractivity contribution is 0.173. The van der Waals surface area contributed by atoms with E-state index in [1.54, 1.807) is 8.61 Å². The summed E-state index contributed by atoms with van der Waals surface area (Å²) >= 11 is 6.15. The van der Waals surface area contributed by atoms with Gasteiger partial charge in [-0.05, 0) is 43.0 Å². The van der Waals surface area contributed by atoms with Gasteiger partial charge in [0.05, 0.1) is 17.9 Å². The molecular formula is C24H25ClN4O4S. The molecule has 4 heterocycles. The number of hydrogen-bond acceptors (Lipinski definition) is 5. The first-order valence-electron chi connectivity index (χ1n) is 11.4. The fourth-order valence-corrected chi connectivity index (χ4v) is 6.59. The van der Waals surface area contributed by atoms with Gasteiger partial charge in [-0.1, -0.05) is 36.7 Å². The minimum absolute atomic E-state index is 0.157. The smallest absolute Gasteiger partial charge is 0.282 e. The summed E-state index contributed by atoms with van der Waals surface area (Å²) in [6.07, 6.45) is 1.78. The molecule has 0 amide bonds. The fourth-order valence-electron chi connectivity index (χ4n) is 4.89. The van der Waals surface area contributed by atoms with Crippen molar-refractivity contribution in [3.63, 3.8) is 0 Å². The molecule has 8 nitrogen and oxygen atoms in total. The van der Waals surface area contributed by atoms with Crippen molar-refractivity contribution in [1.82, 2.24) is 18.4 Å². The molecule has 0 atom stereocenters. The number of ether oxygens (including phenoxy) is 2. The zero-order chi connectivity index (χ0) is 23.4. The first-order valence-corrected chi connectivity index (χ1v) is 13.2. The summed E-state index contributed by atoms with van der Waals surface area (Å²) in [5, 5.41) is 5.51. The van der Waals surface area contributed by atoms with Crippen LogP contribution in [-0.2, 0) is 23.3 Å². The van der Waals surface area contributed by atoms with Gasteiger partial charge in [0.25, 0.3) is 10.2 Å². The third-order valence-corrected chi connectivity index (χ3v) is 9.02. The van der Waals surface area contributed by atoms with Gasteiger partial charge in [-0.3, -0.25) is 0 Å². The number of piperidine rings is 1. The van der Waals surface area contributed by atoms with Gasteiger partial charge in [0.2, 0.25) is 6.79 Å². The van der Waals surface area contributed by atoms with E-state index in [1.807, 2.05) is 47.1 Å². The number of halogens is 1. The number of benzene rings is 2. The number of nitrogens with zero attached hydrogens (tertiary/aromatic N) is 4. The van der Waals surface area contributed by atoms with Crippen molar-refractivity contribution in [3.8, 4) is 28.4 Å². The van der Waals surface area contributed by atoms with Gasteiger partial charge in [0, 0.05) is 35.8 Å². The predicted octanol–water partition coefficient (Wildman–Crippen LogP) is 4.21. The summed E-state index contributed by atoms with van der Waals surface area (Å²) in [6.45, 7) is 3.97. The van der Waals surface area contributed by atoms with Gasteiger partial charge < -0.3 is 9.47 Å². The van der Waals surface area contributed by atoms with E-state index in [9.17, 15) is 8.42 Å². The molecule has 1 fully saturated rings. The Balaban J connectivity index is 1.42. The van der Waals surface area contributed by atoms with Crippen LogP contribution in [0.1, 0.15) is 31.0 Å². The predicted molar refractivity (Wildman–Crippen MR) is 128 cm³/mol. The average Bonchev–Trinajstić information content (AvgIpc) is 3.54. The fraction of sp³-hybridized carbons (Fsp3) is 0.375. The van der Waals surface area contributed by atoms with Crippen LogP contribution in [0.3, 0.4) is 0 Å². The standard InChI is InChI=1S/C24H25ClN4O4S/c1-16-9-11-27(12-10-16)34(30,31)28-13-19-20(14-28)26-29(23(19)17-5-7-18(25)8-6-17)21-3-2-4-22-24(21)33-15-32-22/h2-8,16H,9-15H2,1H3. The van der Waals surface area contributed by atoms with E-state index in [2.05, 4.69) is 6.92 Å². The first kappa shape index (κ1) is 21.9. The summed E-state index contributed by atoms with van der Waals surface area (Å²) in [5.74, 6) is 1.85. The second-order valence-electron chi connectivity index (χ2n) is 9.06. The number of hydrogen-bond donors (Lipinski definition) is 0. The van der Waals surface area contributed by atoms with E-state index < -0.39 is 10.2 Å². The van der Waals surface area contributed by atoms with Crippen molar-refractivity contribution in [2.45, 2.75) is 32.9 Å². The summed E-state index contributed by atoms with van der Waals surface area (Å²) in [4.78, 5) is 0. The first-order chi connectivity index (χ1) is 16.4. The molecule has 1 saturated heterocycles. The van der Waals surface area contributed by atoms with Gasteiger partial charge in [0.1, 0.15) is 5.69 Å². The minimum Gasteiger partial charge on any atom is -0.454 e. The maximum absolute atomic E-state index is 13.4. The van der Waals surface area contributed by atoms with Crippen molar-refractivity contribution in [1.29, 1.82) is 0 Å². The molecule has 3 aromatic rings. The van der Waals surface area contributed by atoms with Crippen LogP contribution in [-0.4, -0.2) is 46.7 Å². The van der Waals surface area contributed by atoms with Gasteiger partial charge >= 0.3 is 0 Å². The van der Waals surface area contributed by atoms with Crippen LogP contribution < -0.4 is 9.47 Å². The second kappa shape index (κ2) is 8.27. The van der Waals surface area contributed by atoms with Gasteiger partial charge in [-0.15, -0.1) is 0 Å². The van der Waals surface area contributed by atoms with Crippen molar-refractivity contribution < 1.29 is 17.9 Å². The zero-order valence-electron chi connectivity index (χ0n) is 18.8. The van der Waals surface area contributed by atoms with Gasteiger partial charge in [-0.25, -0.2) is 4.68 Å². The number of para-hydroxylation sites is 1. The van der Waals surface area contributed by atoms with Crippen molar-refractivity contribution in [3.05, 3.63) is 58.7 Å². The Bertz CT molecular complexity index is 1350. The number of rotatable bonds is 4. The number of fused-ring (bicyclic) bond motifs is 2. The average molecular weight is 501 g/mol. The summed E-state index contributed by atoms with van der Waals surface area (Å²) < 4.78 is 43.2. The molecule has 10 heteroatoms. The highest BCUT2D eigenvalue weighted by Gasteiger charge is 2.39. The van der Waals surface area contributed by atoms with Crippen LogP contribution in [0.25, 0.3) is 16.9 Å². The molecule has 1 aromatic heterocycles. The molecule has 0 spiro atoms. The highest BCUT2D eigenvalue weighted by Crippen LogP contribution is 2.42. The van der Waals surface area contributed by atoms with Crippen LogP contribution in [0.2, 0.25) is 5.02 Å². The van der Waals surface area contributed by atoms with Crippen molar-refractivity contribution >= 4 is 21.8 Å². The van der Waals surface area contributed by atoms with Crippen molar-refractivity contribution in [2.75, 3.05) is 19.9 Å². The number of aromatic nitrogens is 2. The lowest BCUT2D eigenvalue weighted by Gasteiger charge is -2.32. The van der Waals surface area contributed by atoms with E-state index >= 15 is 0 Å². The molecule has 0 radical (unpaired) electrons. The zero-order valence-corrected chi connectivity index (χ0v) is 20.3. The molecule has 6 rings (SSSR count). The lowest BCUT2D eigenvalue weighted by Crippen LogP contribution is -2.45. The minimum atomic E-state index is -3.56. The lowest BCUT2D eigenvalue weighted by atomic mass is 10.0. The molecule has 0 N–H and O–H groups in total. The SMILES string of the molecule is CC1CCN(S(=O)(=O)N2Cc3nn(-c4cccc5c4OCO5)c(-c4ccc(Cl)cc4)c3C2)CC1. The molecule has 34 heavy (non-hydrogen) atoms. The van der Waals surface area contributed by atoms with E-state index in [1.165, 1.54) is 0 Å².